The topological polar surface area (TPSA) is 205 Å². The van der Waals surface area contributed by atoms with Crippen molar-refractivity contribution in [1.82, 2.24) is 10.6 Å². The SMILES string of the molecule is COc1cc(CC[C@H]2C[C@H](O)[C@H](CCO)[C@@H](c3cc(OC)c(O)c(OC[C@H]4N[C@@H](C)CC[C@]4(CC4=CCNC(N)=C4)C4(C(=O)O)CCCCC4)c3)O2)ccc1O. The second-order valence-electron chi connectivity index (χ2n) is 16.3. The number of carbonyl (C=O) groups is 1. The summed E-state index contributed by atoms with van der Waals surface area (Å²) in [4.78, 5) is 13.6. The van der Waals surface area contributed by atoms with Crippen molar-refractivity contribution in [3.8, 4) is 28.7 Å². The van der Waals surface area contributed by atoms with Gasteiger partial charge in [0.05, 0.1) is 43.8 Å². The second-order valence-corrected chi connectivity index (χ2v) is 16.3. The van der Waals surface area contributed by atoms with E-state index in [9.17, 15) is 30.3 Å². The van der Waals surface area contributed by atoms with Crippen LogP contribution in [0.4, 0.5) is 0 Å². The third-order valence-electron chi connectivity index (χ3n) is 13.0. The fourth-order valence-corrected chi connectivity index (χ4v) is 10.00. The first kappa shape index (κ1) is 41.5. The quantitative estimate of drug-likeness (QED) is 0.117. The maximum absolute atomic E-state index is 13.6. The van der Waals surface area contributed by atoms with E-state index in [1.54, 1.807) is 24.3 Å². The van der Waals surface area contributed by atoms with Crippen LogP contribution in [0.2, 0.25) is 0 Å². The Morgan fingerprint density at radius 2 is 1.77 bits per heavy atom. The number of ether oxygens (including phenoxy) is 4. The van der Waals surface area contributed by atoms with Crippen molar-refractivity contribution >= 4 is 5.97 Å². The zero-order chi connectivity index (χ0) is 40.0. The van der Waals surface area contributed by atoms with Gasteiger partial charge in [-0.2, -0.15) is 0 Å². The minimum Gasteiger partial charge on any atom is -0.504 e. The molecule has 7 atom stereocenters. The normalized spacial score (nSPS) is 29.0. The van der Waals surface area contributed by atoms with Gasteiger partial charge in [0.15, 0.2) is 23.0 Å². The van der Waals surface area contributed by atoms with Crippen molar-refractivity contribution in [2.75, 3.05) is 34.0 Å². The van der Waals surface area contributed by atoms with Crippen molar-refractivity contribution in [3.05, 3.63) is 65.0 Å². The van der Waals surface area contributed by atoms with Gasteiger partial charge in [-0.25, -0.2) is 0 Å². The third kappa shape index (κ3) is 8.56. The van der Waals surface area contributed by atoms with Gasteiger partial charge in [0.1, 0.15) is 6.61 Å². The Balaban J connectivity index is 1.31. The summed E-state index contributed by atoms with van der Waals surface area (Å²) in [7, 11) is 2.96. The largest absolute Gasteiger partial charge is 0.504 e. The number of carboxylic acid groups (broad SMARTS) is 1. The molecule has 3 heterocycles. The minimum atomic E-state index is -0.994. The molecule has 3 aliphatic heterocycles. The van der Waals surface area contributed by atoms with Gasteiger partial charge in [-0.3, -0.25) is 4.79 Å². The Morgan fingerprint density at radius 3 is 2.46 bits per heavy atom. The average Bonchev–Trinajstić information content (AvgIpc) is 3.19. The molecule has 56 heavy (non-hydrogen) atoms. The molecule has 0 amide bonds. The number of phenolic OH excluding ortho intramolecular Hbond substituents is 2. The van der Waals surface area contributed by atoms with Gasteiger partial charge in [0, 0.05) is 36.6 Å². The summed E-state index contributed by atoms with van der Waals surface area (Å²) in [6, 6.07) is 8.33. The standard InChI is InChI=1S/C43H61N3O10/c1-26-11-16-43(24-28-12-17-45-38(44)20-28,42(41(51)52)14-5-4-6-15-42)37(46-26)25-55-36-22-29(21-35(54-3)39(36)50)40-31(13-18-47)33(49)23-30(56-40)9-7-27-8-10-32(48)34(19-27)53-2/h8,10,12,19-22,26,30-31,33,37,40,45-50H,4-7,9,11,13-18,23-25,44H2,1-3H3,(H,51,52)/t26-,30-,31-,33-,37+,40+,43+/m0/s1. The number of nitrogens with one attached hydrogen (secondary N) is 2. The fraction of sp³-hybridized carbons (Fsp3) is 0.605. The van der Waals surface area contributed by atoms with Gasteiger partial charge in [-0.15, -0.1) is 0 Å². The molecule has 0 spiro atoms. The lowest BCUT2D eigenvalue weighted by molar-refractivity contribution is -0.170. The average molecular weight is 780 g/mol. The van der Waals surface area contributed by atoms with Crippen LogP contribution in [0, 0.1) is 16.7 Å². The van der Waals surface area contributed by atoms with Crippen LogP contribution in [0.25, 0.3) is 0 Å². The predicted octanol–water partition coefficient (Wildman–Crippen LogP) is 5.20. The zero-order valence-electron chi connectivity index (χ0n) is 33.0. The van der Waals surface area contributed by atoms with E-state index in [0.717, 1.165) is 36.8 Å². The number of allylic oxidation sites excluding steroid dienone is 2. The molecule has 0 radical (unpaired) electrons. The van der Waals surface area contributed by atoms with Crippen LogP contribution >= 0.6 is 0 Å². The molecule has 13 nitrogen and oxygen atoms in total. The fourth-order valence-electron chi connectivity index (χ4n) is 10.00. The molecule has 1 aliphatic carbocycles. The number of phenols is 2. The number of carboxylic acids is 1. The van der Waals surface area contributed by atoms with Crippen molar-refractivity contribution in [2.45, 2.75) is 114 Å². The molecule has 9 N–H and O–H groups in total. The molecule has 2 saturated heterocycles. The molecule has 4 aliphatic rings. The molecule has 1 saturated carbocycles. The number of aromatic hydroxyl groups is 2. The maximum atomic E-state index is 13.6. The summed E-state index contributed by atoms with van der Waals surface area (Å²) in [6.07, 6.45) is 9.92. The van der Waals surface area contributed by atoms with E-state index in [0.29, 0.717) is 75.0 Å². The molecule has 0 unspecified atom stereocenters. The summed E-state index contributed by atoms with van der Waals surface area (Å²) in [5, 5.41) is 61.0. The van der Waals surface area contributed by atoms with Crippen LogP contribution in [0.15, 0.2) is 53.9 Å². The predicted molar refractivity (Wildman–Crippen MR) is 211 cm³/mol. The van der Waals surface area contributed by atoms with Gasteiger partial charge >= 0.3 is 5.97 Å². The highest BCUT2D eigenvalue weighted by molar-refractivity contribution is 5.76. The summed E-state index contributed by atoms with van der Waals surface area (Å²) in [5.74, 6) is -0.0902. The minimum absolute atomic E-state index is 0.0585. The van der Waals surface area contributed by atoms with E-state index in [-0.39, 0.29) is 48.4 Å². The van der Waals surface area contributed by atoms with Crippen molar-refractivity contribution in [1.29, 1.82) is 0 Å². The number of piperidine rings is 1. The number of benzene rings is 2. The monoisotopic (exact) mass is 779 g/mol. The summed E-state index contributed by atoms with van der Waals surface area (Å²) in [5.41, 5.74) is 7.08. The number of rotatable bonds is 15. The molecule has 0 bridgehead atoms. The molecule has 13 heteroatoms. The van der Waals surface area contributed by atoms with E-state index in [2.05, 4.69) is 23.6 Å². The summed E-state index contributed by atoms with van der Waals surface area (Å²) in [6.45, 7) is 2.61. The Kier molecular flexibility index (Phi) is 13.3. The summed E-state index contributed by atoms with van der Waals surface area (Å²) >= 11 is 0. The first-order valence-corrected chi connectivity index (χ1v) is 20.2. The lowest BCUT2D eigenvalue weighted by atomic mass is 9.49. The highest BCUT2D eigenvalue weighted by Crippen LogP contribution is 2.59. The van der Waals surface area contributed by atoms with Crippen LogP contribution in [0.5, 0.6) is 28.7 Å². The number of aryl methyl sites for hydroxylation is 1. The Bertz CT molecular complexity index is 1740. The molecule has 3 fully saturated rings. The number of hydrogen-bond donors (Lipinski definition) is 8. The van der Waals surface area contributed by atoms with Gasteiger partial charge in [0.2, 0.25) is 5.75 Å². The van der Waals surface area contributed by atoms with E-state index < -0.39 is 41.0 Å². The second kappa shape index (κ2) is 18.0. The van der Waals surface area contributed by atoms with Crippen LogP contribution in [0.1, 0.15) is 94.8 Å². The number of aliphatic carboxylic acids is 1. The molecular weight excluding hydrogens is 718 g/mol. The highest BCUT2D eigenvalue weighted by atomic mass is 16.5. The molecule has 308 valence electrons. The Labute approximate surface area is 329 Å². The summed E-state index contributed by atoms with van der Waals surface area (Å²) < 4.78 is 24.3. The highest BCUT2D eigenvalue weighted by Gasteiger charge is 2.61. The smallest absolute Gasteiger partial charge is 0.310 e. The Morgan fingerprint density at radius 1 is 1.02 bits per heavy atom. The van der Waals surface area contributed by atoms with Crippen molar-refractivity contribution in [3.63, 3.8) is 0 Å². The van der Waals surface area contributed by atoms with Crippen LogP contribution in [-0.4, -0.2) is 89.8 Å². The van der Waals surface area contributed by atoms with Gasteiger partial charge in [0.25, 0.3) is 0 Å². The number of nitrogens with two attached hydrogens (primary N) is 1. The molecule has 2 aromatic carbocycles. The molecular formula is C43H61N3O10. The van der Waals surface area contributed by atoms with Crippen LogP contribution in [-0.2, 0) is 16.0 Å². The van der Waals surface area contributed by atoms with E-state index in [1.165, 1.54) is 14.2 Å². The third-order valence-corrected chi connectivity index (χ3v) is 13.0. The maximum Gasteiger partial charge on any atom is 0.310 e. The Hall–Kier alpha value is -4.17. The molecule has 0 aromatic heterocycles. The molecule has 6 rings (SSSR count). The van der Waals surface area contributed by atoms with Gasteiger partial charge < -0.3 is 60.8 Å². The first-order chi connectivity index (χ1) is 26.9. The van der Waals surface area contributed by atoms with E-state index >= 15 is 0 Å². The van der Waals surface area contributed by atoms with E-state index in [1.807, 2.05) is 12.1 Å². The van der Waals surface area contributed by atoms with Gasteiger partial charge in [-0.05, 0) is 112 Å². The van der Waals surface area contributed by atoms with Crippen molar-refractivity contribution in [2.24, 2.45) is 22.5 Å². The van der Waals surface area contributed by atoms with Crippen molar-refractivity contribution < 1.29 is 49.3 Å². The van der Waals surface area contributed by atoms with Crippen LogP contribution in [0.3, 0.4) is 0 Å². The lowest BCUT2D eigenvalue weighted by Crippen LogP contribution is -2.65. The van der Waals surface area contributed by atoms with E-state index in [4.69, 9.17) is 24.7 Å². The van der Waals surface area contributed by atoms with Gasteiger partial charge in [-0.1, -0.05) is 31.4 Å². The number of hydrogen-bond acceptors (Lipinski definition) is 12. The first-order valence-electron chi connectivity index (χ1n) is 20.2. The van der Waals surface area contributed by atoms with Crippen LogP contribution < -0.4 is 30.6 Å². The number of methoxy groups -OCH3 is 2. The number of aliphatic hydroxyl groups excluding tert-OH is 2. The lowest BCUT2D eigenvalue weighted by Gasteiger charge is -2.57. The molecule has 2 aromatic rings. The number of dihydropyridines is 1. The zero-order valence-corrected chi connectivity index (χ0v) is 33.0. The number of aliphatic hydroxyl groups is 2.